The Kier molecular flexibility index (Phi) is 5.41. The van der Waals surface area contributed by atoms with Crippen LogP contribution < -0.4 is 0 Å². The van der Waals surface area contributed by atoms with E-state index in [4.69, 9.17) is 4.74 Å². The lowest BCUT2D eigenvalue weighted by molar-refractivity contribution is -0.126. The van der Waals surface area contributed by atoms with E-state index in [-0.39, 0.29) is 23.4 Å². The van der Waals surface area contributed by atoms with Crippen molar-refractivity contribution in [2.75, 3.05) is 32.9 Å². The first kappa shape index (κ1) is 19.9. The molecule has 0 bridgehead atoms. The lowest BCUT2D eigenvalue weighted by Gasteiger charge is -2.23. The third-order valence-corrected chi connectivity index (χ3v) is 5.75. The molecule has 2 aliphatic heterocycles. The van der Waals surface area contributed by atoms with Gasteiger partial charge in [-0.05, 0) is 24.6 Å². The second kappa shape index (κ2) is 7.63. The molecule has 1 aromatic carbocycles. The van der Waals surface area contributed by atoms with Crippen molar-refractivity contribution in [3.8, 4) is 0 Å². The highest BCUT2D eigenvalue weighted by Crippen LogP contribution is 2.21. The fourth-order valence-corrected chi connectivity index (χ4v) is 3.46. The van der Waals surface area contributed by atoms with Gasteiger partial charge in [0.25, 0.3) is 5.91 Å². The molecule has 0 spiro atoms. The zero-order chi connectivity index (χ0) is 20.5. The summed E-state index contributed by atoms with van der Waals surface area (Å²) in [6, 6.07) is 5.98. The normalized spacial score (nSPS) is 16.8. The number of benzene rings is 1. The SMILES string of the molecule is CCN(C)C(=O)C1=COC2=NC(=O)N(Cc3ccc(S(C)(=O)=O)cc3)CCN12. The number of nitrogens with zero attached hydrogens (tertiary/aromatic N) is 4. The van der Waals surface area contributed by atoms with Crippen LogP contribution in [0.1, 0.15) is 12.5 Å². The molecule has 0 saturated carbocycles. The highest BCUT2D eigenvalue weighted by atomic mass is 32.2. The topological polar surface area (TPSA) is 99.6 Å². The van der Waals surface area contributed by atoms with Gasteiger partial charge in [0.1, 0.15) is 12.0 Å². The van der Waals surface area contributed by atoms with Crippen LogP contribution in [0.25, 0.3) is 0 Å². The molecule has 0 atom stereocenters. The molecular weight excluding hydrogens is 384 g/mol. The number of amidine groups is 1. The largest absolute Gasteiger partial charge is 0.431 e. The van der Waals surface area contributed by atoms with Crippen LogP contribution in [0.15, 0.2) is 46.1 Å². The molecule has 150 valence electrons. The predicted octanol–water partition coefficient (Wildman–Crippen LogP) is 1.03. The second-order valence-corrected chi connectivity index (χ2v) is 8.62. The smallest absolute Gasteiger partial charge is 0.348 e. The summed E-state index contributed by atoms with van der Waals surface area (Å²) in [5.41, 5.74) is 1.12. The van der Waals surface area contributed by atoms with E-state index in [1.165, 1.54) is 23.3 Å². The standard InChI is InChI=1S/C18H22N4O5S/c1-4-20(2)16(23)15-12-27-18-19-17(24)21(9-10-22(15)18)11-13-5-7-14(8-6-13)28(3,25)26/h5-8,12H,4,9-11H2,1-3H3. The van der Waals surface area contributed by atoms with Gasteiger partial charge in [-0.1, -0.05) is 12.1 Å². The first-order valence-electron chi connectivity index (χ1n) is 8.77. The highest BCUT2D eigenvalue weighted by Gasteiger charge is 2.34. The first-order chi connectivity index (χ1) is 13.2. The average Bonchev–Trinajstić information content (AvgIpc) is 2.98. The van der Waals surface area contributed by atoms with E-state index in [0.29, 0.717) is 25.3 Å². The maximum Gasteiger partial charge on any atom is 0.348 e. The molecule has 1 aromatic rings. The summed E-state index contributed by atoms with van der Waals surface area (Å²) in [5, 5.41) is 0. The summed E-state index contributed by atoms with van der Waals surface area (Å²) >= 11 is 0. The van der Waals surface area contributed by atoms with E-state index in [1.807, 2.05) is 6.92 Å². The lowest BCUT2D eigenvalue weighted by atomic mass is 10.2. The Labute approximate surface area is 163 Å². The van der Waals surface area contributed by atoms with Crippen LogP contribution in [-0.4, -0.2) is 74.0 Å². The fourth-order valence-electron chi connectivity index (χ4n) is 2.82. The summed E-state index contributed by atoms with van der Waals surface area (Å²) in [6.07, 6.45) is 2.46. The Morgan fingerprint density at radius 2 is 1.93 bits per heavy atom. The number of ether oxygens (including phenoxy) is 1. The number of sulfone groups is 1. The van der Waals surface area contributed by atoms with Crippen molar-refractivity contribution in [2.45, 2.75) is 18.4 Å². The molecular formula is C18H22N4O5S. The first-order valence-corrected chi connectivity index (χ1v) is 10.7. The zero-order valence-corrected chi connectivity index (χ0v) is 16.8. The molecule has 0 unspecified atom stereocenters. The van der Waals surface area contributed by atoms with Gasteiger partial charge in [0.05, 0.1) is 4.90 Å². The number of urea groups is 1. The molecule has 3 amide bonds. The van der Waals surface area contributed by atoms with Crippen molar-refractivity contribution in [3.63, 3.8) is 0 Å². The van der Waals surface area contributed by atoms with Crippen molar-refractivity contribution in [3.05, 3.63) is 41.8 Å². The van der Waals surface area contributed by atoms with E-state index in [9.17, 15) is 18.0 Å². The molecule has 9 nitrogen and oxygen atoms in total. The van der Waals surface area contributed by atoms with Gasteiger partial charge in [-0.15, -0.1) is 4.99 Å². The molecule has 0 saturated heterocycles. The van der Waals surface area contributed by atoms with Crippen molar-refractivity contribution < 1.29 is 22.7 Å². The van der Waals surface area contributed by atoms with Crippen molar-refractivity contribution in [1.29, 1.82) is 0 Å². The van der Waals surface area contributed by atoms with Crippen molar-refractivity contribution >= 4 is 27.8 Å². The van der Waals surface area contributed by atoms with Crippen molar-refractivity contribution in [1.82, 2.24) is 14.7 Å². The Morgan fingerprint density at radius 3 is 2.54 bits per heavy atom. The number of amides is 3. The van der Waals surface area contributed by atoms with Gasteiger partial charge in [-0.3, -0.25) is 9.69 Å². The van der Waals surface area contributed by atoms with Crippen LogP contribution >= 0.6 is 0 Å². The van der Waals surface area contributed by atoms with Gasteiger partial charge in [0.2, 0.25) is 0 Å². The van der Waals surface area contributed by atoms with E-state index in [0.717, 1.165) is 11.8 Å². The number of aliphatic imine (C=N–C) groups is 1. The number of rotatable bonds is 5. The molecule has 28 heavy (non-hydrogen) atoms. The maximum atomic E-state index is 12.5. The molecule has 2 heterocycles. The van der Waals surface area contributed by atoms with E-state index in [1.54, 1.807) is 29.0 Å². The van der Waals surface area contributed by atoms with Crippen LogP contribution in [0.5, 0.6) is 0 Å². The number of carbonyl (C=O) groups is 2. The van der Waals surface area contributed by atoms with Gasteiger partial charge < -0.3 is 14.5 Å². The lowest BCUT2D eigenvalue weighted by Crippen LogP contribution is -2.38. The van der Waals surface area contributed by atoms with Crippen LogP contribution in [0, 0.1) is 0 Å². The molecule has 2 aliphatic rings. The van der Waals surface area contributed by atoms with Crippen LogP contribution in [0.4, 0.5) is 4.79 Å². The van der Waals surface area contributed by atoms with E-state index >= 15 is 0 Å². The van der Waals surface area contributed by atoms with Crippen LogP contribution in [0.3, 0.4) is 0 Å². The maximum absolute atomic E-state index is 12.5. The molecule has 0 aliphatic carbocycles. The number of hydrogen-bond donors (Lipinski definition) is 0. The summed E-state index contributed by atoms with van der Waals surface area (Å²) in [4.78, 5) is 33.8. The fraction of sp³-hybridized carbons (Fsp3) is 0.389. The predicted molar refractivity (Wildman–Crippen MR) is 102 cm³/mol. The minimum atomic E-state index is -3.27. The number of likely N-dealkylation sites (N-methyl/N-ethyl adjacent to an activating group) is 1. The minimum Gasteiger partial charge on any atom is -0.431 e. The second-order valence-electron chi connectivity index (χ2n) is 6.61. The zero-order valence-electron chi connectivity index (χ0n) is 16.0. The van der Waals surface area contributed by atoms with Gasteiger partial charge in [0.15, 0.2) is 9.84 Å². The third kappa shape index (κ3) is 4.01. The Balaban J connectivity index is 1.72. The van der Waals surface area contributed by atoms with Crippen LogP contribution in [-0.2, 0) is 25.9 Å². The Bertz CT molecular complexity index is 953. The number of fused-ring (bicyclic) bond motifs is 1. The molecule has 0 N–H and O–H groups in total. The monoisotopic (exact) mass is 406 g/mol. The summed E-state index contributed by atoms with van der Waals surface area (Å²) < 4.78 is 28.5. The van der Waals surface area contributed by atoms with Crippen molar-refractivity contribution in [2.24, 2.45) is 4.99 Å². The Morgan fingerprint density at radius 1 is 1.25 bits per heavy atom. The molecule has 0 fully saturated rings. The quantitative estimate of drug-likeness (QED) is 0.724. The van der Waals surface area contributed by atoms with E-state index < -0.39 is 15.9 Å². The molecule has 10 heteroatoms. The average molecular weight is 406 g/mol. The van der Waals surface area contributed by atoms with Gasteiger partial charge in [-0.2, -0.15) is 0 Å². The van der Waals surface area contributed by atoms with Crippen LogP contribution in [0.2, 0.25) is 0 Å². The van der Waals surface area contributed by atoms with Gasteiger partial charge >= 0.3 is 12.1 Å². The number of hydrogen-bond acceptors (Lipinski definition) is 6. The van der Waals surface area contributed by atoms with E-state index in [2.05, 4.69) is 4.99 Å². The third-order valence-electron chi connectivity index (χ3n) is 4.62. The Hall–Kier alpha value is -2.88. The summed E-state index contributed by atoms with van der Waals surface area (Å²) in [7, 11) is -1.58. The molecule has 0 aromatic heterocycles. The minimum absolute atomic E-state index is 0.0905. The van der Waals surface area contributed by atoms with Gasteiger partial charge in [-0.25, -0.2) is 13.2 Å². The molecule has 0 radical (unpaired) electrons. The molecule has 3 rings (SSSR count). The number of carbonyl (C=O) groups excluding carboxylic acids is 2. The summed E-state index contributed by atoms with van der Waals surface area (Å²) in [5.74, 6) is -0.204. The highest BCUT2D eigenvalue weighted by molar-refractivity contribution is 7.90. The summed E-state index contributed by atoms with van der Waals surface area (Å²) in [6.45, 7) is 3.39. The van der Waals surface area contributed by atoms with Gasteiger partial charge in [0, 0.05) is 39.5 Å².